The van der Waals surface area contributed by atoms with E-state index in [9.17, 15) is 28.8 Å². The van der Waals surface area contributed by atoms with E-state index in [1.54, 1.807) is 0 Å². The van der Waals surface area contributed by atoms with Crippen LogP contribution in [-0.2, 0) is 28.8 Å². The van der Waals surface area contributed by atoms with Crippen molar-refractivity contribution in [3.8, 4) is 0 Å². The van der Waals surface area contributed by atoms with Gasteiger partial charge in [-0.1, -0.05) is 209 Å². The van der Waals surface area contributed by atoms with Gasteiger partial charge < -0.3 is 0 Å². The average molecular weight is 947 g/mol. The van der Waals surface area contributed by atoms with Gasteiger partial charge in [-0.3, -0.25) is 28.8 Å². The molecule has 0 aliphatic rings. The normalized spacial score (nSPS) is 10.9. The quantitative estimate of drug-likeness (QED) is 0.148. The Morgan fingerprint density at radius 3 is 0.289 bits per heavy atom. The number of alkyl halides is 18. The summed E-state index contributed by atoms with van der Waals surface area (Å²) in [6.07, 6.45) is 1.40. The number of hydrogen-bond donors (Lipinski definition) is 0. The van der Waals surface area contributed by atoms with Crippen molar-refractivity contribution in [3.05, 3.63) is 0 Å². The van der Waals surface area contributed by atoms with Crippen molar-refractivity contribution in [3.63, 3.8) is 0 Å². The summed E-state index contributed by atoms with van der Waals surface area (Å²) in [5, 5.41) is 0. The van der Waals surface area contributed by atoms with Crippen LogP contribution in [0.25, 0.3) is 0 Å². The lowest BCUT2D eigenvalue weighted by atomic mass is 10.9. The monoisotopic (exact) mass is 937 g/mol. The van der Waals surface area contributed by atoms with Crippen LogP contribution in [0.2, 0.25) is 0 Å². The first-order chi connectivity index (χ1) is 16.4. The average Bonchev–Trinajstić information content (AvgIpc) is 2.74. The summed E-state index contributed by atoms with van der Waals surface area (Å²) in [4.78, 5) is 56.6. The molecule has 0 aliphatic carbocycles. The molecule has 0 saturated carbocycles. The predicted molar refractivity (Wildman–Crippen MR) is 178 cm³/mol. The minimum Gasteiger partial charge on any atom is -0.299 e. The Morgan fingerprint density at radius 2 is 0.289 bits per heavy atom. The van der Waals surface area contributed by atoms with Gasteiger partial charge in [-0.15, -0.1) is 0 Å². The smallest absolute Gasteiger partial charge is 0.245 e. The van der Waals surface area contributed by atoms with Gasteiger partial charge in [-0.05, 0) is 19.5 Å². The van der Waals surface area contributed by atoms with Crippen molar-refractivity contribution < 1.29 is 28.8 Å². The molecule has 0 aromatic rings. The Hall–Kier alpha value is 3.67. The molecule has 230 valence electrons. The molecule has 38 heavy (non-hydrogen) atoms. The SMILES string of the molecule is O=CC(Cl)(Cl)Cl.O=CC(Cl)(Cl)Cl.O=CC(Cl)(Cl)Cl.O=CC(Cl)(Cl)Cl.O=CC(Cl)(Cl)Cl.O=CC(Cl)(Cl)Cl.[SiH3][SiH3]. The van der Waals surface area contributed by atoms with Crippen molar-refractivity contribution >= 4 is 266 Å². The standard InChI is InChI=1S/6C2HCl3O.H6Si2/c6*3-2(4,5)1-6;1-2/h6*1H;1-2H3. The summed E-state index contributed by atoms with van der Waals surface area (Å²) in [6.45, 7) is 0. The fraction of sp³-hybridized carbons (Fsp3) is 0.500. The molecule has 0 unspecified atom stereocenters. The maximum atomic E-state index is 9.43. The first-order valence-electron chi connectivity index (χ1n) is 7.55. The fourth-order valence-corrected chi connectivity index (χ4v) is 0. The van der Waals surface area contributed by atoms with E-state index >= 15 is 0 Å². The van der Waals surface area contributed by atoms with Crippen LogP contribution in [-0.4, -0.2) is 80.0 Å². The molecule has 26 heteroatoms. The highest BCUT2D eigenvalue weighted by atomic mass is 35.6. The Kier molecular flexibility index (Phi) is 46.3. The van der Waals surface area contributed by atoms with Crippen LogP contribution in [0.4, 0.5) is 0 Å². The highest BCUT2D eigenvalue weighted by Gasteiger charge is 2.18. The topological polar surface area (TPSA) is 102 Å². The van der Waals surface area contributed by atoms with E-state index in [2.05, 4.69) is 0 Å². The molecule has 0 saturated heterocycles. The first kappa shape index (κ1) is 57.3. The van der Waals surface area contributed by atoms with Crippen molar-refractivity contribution in [1.29, 1.82) is 0 Å². The predicted octanol–water partition coefficient (Wildman–Crippen LogP) is 6.97. The Balaban J connectivity index is -0.0000000598. The van der Waals surface area contributed by atoms with E-state index in [1.165, 1.54) is 19.5 Å². The van der Waals surface area contributed by atoms with Crippen molar-refractivity contribution in [1.82, 2.24) is 0 Å². The van der Waals surface area contributed by atoms with Crippen molar-refractivity contribution in [2.75, 3.05) is 0 Å². The Morgan fingerprint density at radius 1 is 0.263 bits per heavy atom. The molecular formula is C12H12Cl18O6Si2. The minimum absolute atomic E-state index is 0.234. The van der Waals surface area contributed by atoms with Crippen LogP contribution in [0.3, 0.4) is 0 Å². The molecule has 0 aromatic heterocycles. The largest absolute Gasteiger partial charge is 0.299 e. The zero-order valence-electron chi connectivity index (χ0n) is 17.7. The first-order valence-corrected chi connectivity index (χ1v) is 22.4. The molecule has 6 nitrogen and oxygen atoms in total. The molecule has 0 heterocycles. The van der Waals surface area contributed by atoms with Gasteiger partial charge in [-0.2, -0.15) is 0 Å². The van der Waals surface area contributed by atoms with E-state index in [-0.39, 0.29) is 37.7 Å². The summed E-state index contributed by atoms with van der Waals surface area (Å²) < 4.78 is -10.3. The van der Waals surface area contributed by atoms with Gasteiger partial charge in [0.25, 0.3) is 0 Å². The number of halogens is 18. The van der Waals surface area contributed by atoms with E-state index in [4.69, 9.17) is 209 Å². The Labute approximate surface area is 313 Å². The third-order valence-electron chi connectivity index (χ3n) is 0.802. The molecule has 0 radical (unpaired) electrons. The molecule has 0 rings (SSSR count). The molecule has 0 spiro atoms. The van der Waals surface area contributed by atoms with Crippen LogP contribution in [0.15, 0.2) is 0 Å². The van der Waals surface area contributed by atoms with Crippen LogP contribution < -0.4 is 0 Å². The second kappa shape index (κ2) is 30.7. The highest BCUT2D eigenvalue weighted by molar-refractivity contribution is 6.77. The second-order valence-electron chi connectivity index (χ2n) is 3.96. The Bertz CT molecular complexity index is 477. The maximum absolute atomic E-state index is 9.43. The molecular weight excluding hydrogens is 934 g/mol. The fourth-order valence-electron chi connectivity index (χ4n) is 0. The second-order valence-corrected chi connectivity index (χ2v) is 18.2. The van der Waals surface area contributed by atoms with Gasteiger partial charge >= 0.3 is 0 Å². The van der Waals surface area contributed by atoms with Gasteiger partial charge in [0.1, 0.15) is 0 Å². The van der Waals surface area contributed by atoms with Gasteiger partial charge in [0.15, 0.2) is 37.7 Å². The number of rotatable bonds is 0. The third-order valence-corrected chi connectivity index (χ3v) is 2.41. The lowest BCUT2D eigenvalue weighted by molar-refractivity contribution is -0.107. The highest BCUT2D eigenvalue weighted by Crippen LogP contribution is 2.24. The van der Waals surface area contributed by atoms with Crippen LogP contribution in [0.5, 0.6) is 0 Å². The van der Waals surface area contributed by atoms with Gasteiger partial charge in [-0.25, -0.2) is 0 Å². The van der Waals surface area contributed by atoms with E-state index in [1.807, 2.05) is 0 Å². The molecule has 0 fully saturated rings. The van der Waals surface area contributed by atoms with Gasteiger partial charge in [0.2, 0.25) is 22.8 Å². The molecule has 0 amide bonds. The number of carbonyl (C=O) groups excluding carboxylic acids is 6. The molecule has 0 aromatic carbocycles. The van der Waals surface area contributed by atoms with Gasteiger partial charge in [0, 0.05) is 0 Å². The van der Waals surface area contributed by atoms with Crippen LogP contribution in [0.1, 0.15) is 0 Å². The molecule has 0 bridgehead atoms. The summed E-state index contributed by atoms with van der Waals surface area (Å²) in [6, 6.07) is 0. The molecule has 0 aliphatic heterocycles. The molecule has 0 atom stereocenters. The van der Waals surface area contributed by atoms with Crippen molar-refractivity contribution in [2.45, 2.75) is 22.8 Å². The maximum Gasteiger partial charge on any atom is 0.245 e. The summed E-state index contributed by atoms with van der Waals surface area (Å²) in [5.74, 6) is 0. The van der Waals surface area contributed by atoms with Gasteiger partial charge in [0.05, 0.1) is 0 Å². The van der Waals surface area contributed by atoms with Crippen molar-refractivity contribution in [2.24, 2.45) is 0 Å². The summed E-state index contributed by atoms with van der Waals surface area (Å²) in [5.41, 5.74) is 0. The van der Waals surface area contributed by atoms with Crippen LogP contribution >= 0.6 is 209 Å². The minimum atomic E-state index is -1.72. The summed E-state index contributed by atoms with van der Waals surface area (Å²) >= 11 is 87.8. The zero-order chi connectivity index (χ0) is 33.2. The number of aldehydes is 6. The van der Waals surface area contributed by atoms with Crippen LogP contribution in [0, 0.1) is 0 Å². The van der Waals surface area contributed by atoms with E-state index in [0.717, 1.165) is 0 Å². The zero-order valence-corrected chi connectivity index (χ0v) is 35.3. The molecule has 0 N–H and O–H groups in total. The number of carbonyl (C=O) groups is 6. The van der Waals surface area contributed by atoms with E-state index in [0.29, 0.717) is 0 Å². The summed E-state index contributed by atoms with van der Waals surface area (Å²) in [7, 11) is 2.89. The third kappa shape index (κ3) is 126. The number of hydrogen-bond acceptors (Lipinski definition) is 6. The van der Waals surface area contributed by atoms with E-state index < -0.39 is 22.8 Å². The lowest BCUT2D eigenvalue weighted by Crippen LogP contribution is -2.00. The lowest BCUT2D eigenvalue weighted by Gasteiger charge is -1.93.